The van der Waals surface area contributed by atoms with E-state index in [1.807, 2.05) is 0 Å². The number of allylic oxidation sites excluding steroid dienone is 2. The minimum absolute atomic E-state index is 0.210. The first kappa shape index (κ1) is 36.0. The summed E-state index contributed by atoms with van der Waals surface area (Å²) < 4.78 is 73.1. The number of unbranched alkanes of at least 4 members (excludes halogenated alkanes) is 20. The van der Waals surface area contributed by atoms with Gasteiger partial charge in [0, 0.05) is 19.4 Å². The number of carbonyl (C=O) groups excluding carboxylic acids is 2. The van der Waals surface area contributed by atoms with Gasteiger partial charge >= 0.3 is 19.8 Å². The van der Waals surface area contributed by atoms with Crippen LogP contribution in [-0.4, -0.2) is 49.2 Å². The van der Waals surface area contributed by atoms with E-state index in [-0.39, 0.29) is 19.4 Å². The van der Waals surface area contributed by atoms with Crippen molar-refractivity contribution in [2.45, 2.75) is 180 Å². The van der Waals surface area contributed by atoms with Gasteiger partial charge in [-0.1, -0.05) is 142 Å². The number of rotatable bonds is 35. The summed E-state index contributed by atoms with van der Waals surface area (Å²) in [6, 6.07) is 0. The largest absolute Gasteiger partial charge is 0.472 e. The molecule has 0 amide bonds. The molecular formula is C36H70NO8P. The third-order valence-corrected chi connectivity index (χ3v) is 8.31. The van der Waals surface area contributed by atoms with Crippen LogP contribution in [0.3, 0.4) is 0 Å². The molecule has 0 heterocycles. The van der Waals surface area contributed by atoms with Crippen molar-refractivity contribution in [2.75, 3.05) is 26.3 Å². The van der Waals surface area contributed by atoms with Gasteiger partial charge in [0.05, 0.1) is 20.0 Å². The Labute approximate surface area is 288 Å². The Morgan fingerprint density at radius 1 is 0.696 bits per heavy atom. The first-order valence-electron chi connectivity index (χ1n) is 20.6. The molecule has 272 valence electrons. The van der Waals surface area contributed by atoms with Gasteiger partial charge in [0.2, 0.25) is 0 Å². The number of nitrogens with two attached hydrogens (primary N) is 1. The molecule has 0 aromatic carbocycles. The van der Waals surface area contributed by atoms with E-state index in [0.717, 1.165) is 57.8 Å². The van der Waals surface area contributed by atoms with Crippen LogP contribution in [0.15, 0.2) is 12.2 Å². The lowest BCUT2D eigenvalue weighted by Gasteiger charge is -2.19. The van der Waals surface area contributed by atoms with Crippen molar-refractivity contribution in [3.63, 3.8) is 0 Å². The van der Waals surface area contributed by atoms with E-state index in [4.69, 9.17) is 22.1 Å². The highest BCUT2D eigenvalue weighted by atomic mass is 31.2. The van der Waals surface area contributed by atoms with Gasteiger partial charge in [-0.25, -0.2) is 4.57 Å². The van der Waals surface area contributed by atoms with Gasteiger partial charge in [-0.3, -0.25) is 18.6 Å². The Morgan fingerprint density at radius 2 is 1.15 bits per heavy atom. The number of phosphoric acid groups is 1. The third-order valence-electron chi connectivity index (χ3n) is 7.48. The Balaban J connectivity index is 5.00. The second kappa shape index (κ2) is 33.6. The molecular weight excluding hydrogens is 605 g/mol. The van der Waals surface area contributed by atoms with Gasteiger partial charge in [-0.2, -0.15) is 0 Å². The van der Waals surface area contributed by atoms with Crippen molar-refractivity contribution in [1.29, 1.82) is 0 Å². The lowest BCUT2D eigenvalue weighted by molar-refractivity contribution is -0.161. The second-order valence-corrected chi connectivity index (χ2v) is 13.3. The Bertz CT molecular complexity index is 991. The van der Waals surface area contributed by atoms with E-state index in [0.29, 0.717) is 25.7 Å². The fourth-order valence-corrected chi connectivity index (χ4v) is 5.35. The fraction of sp³-hybridized carbons (Fsp3) is 0.889. The molecule has 9 nitrogen and oxygen atoms in total. The smallest absolute Gasteiger partial charge is 0.462 e. The van der Waals surface area contributed by atoms with Crippen molar-refractivity contribution >= 4 is 19.8 Å². The zero-order valence-electron chi connectivity index (χ0n) is 34.1. The Kier molecular flexibility index (Phi) is 26.4. The normalized spacial score (nSPS) is 16.5. The highest BCUT2D eigenvalue weighted by Gasteiger charge is 2.25. The monoisotopic (exact) mass is 681 g/mol. The van der Waals surface area contributed by atoms with E-state index in [2.05, 4.69) is 35.0 Å². The Morgan fingerprint density at radius 3 is 1.67 bits per heavy atom. The molecule has 10 heteroatoms. The van der Waals surface area contributed by atoms with E-state index >= 15 is 0 Å². The van der Waals surface area contributed by atoms with E-state index in [1.165, 1.54) is 64.2 Å². The zero-order chi connectivity index (χ0) is 38.5. The number of carbonyl (C=O) groups is 2. The first-order chi connectivity index (χ1) is 24.2. The summed E-state index contributed by atoms with van der Waals surface area (Å²) in [4.78, 5) is 35.4. The molecule has 0 aliphatic heterocycles. The van der Waals surface area contributed by atoms with E-state index < -0.39 is 45.6 Å². The molecule has 0 rings (SSSR count). The molecule has 0 aliphatic rings. The van der Waals surface area contributed by atoms with Crippen LogP contribution in [0.25, 0.3) is 0 Å². The summed E-state index contributed by atoms with van der Waals surface area (Å²) >= 11 is 0. The molecule has 0 aliphatic carbocycles. The van der Waals surface area contributed by atoms with Crippen LogP contribution < -0.4 is 5.73 Å². The lowest BCUT2D eigenvalue weighted by atomic mass is 10.0. The standard InChI is InChI=1S/C36H70NO8P/c1-3-5-7-9-11-13-15-16-17-19-20-22-24-26-28-35(38)42-32-34(33-44-46(40,41)43-31-30-37)45-36(39)29-27-25-23-21-18-14-12-10-8-6-4-2/h10,12,34H,3-9,11,13-33,37H2,1-2H3,(H,40,41)/b12-10+/t34-/m1/s1/i32D2,33D2,34D. The topological polar surface area (TPSA) is 134 Å². The Hall–Kier alpha value is -1.25. The molecule has 0 aromatic rings. The number of ether oxygens (including phenoxy) is 2. The van der Waals surface area contributed by atoms with Crippen LogP contribution in [0.4, 0.5) is 0 Å². The van der Waals surface area contributed by atoms with Crippen molar-refractivity contribution in [1.82, 2.24) is 0 Å². The SMILES string of the molecule is [2H]C([2H])(OC(=O)CCCCCCCCCCCCCCCC)[C@@]([2H])(OC(=O)CCCCCCC/C=C/CCCC)C([2H])([2H])OP(=O)(O)OCCN. The van der Waals surface area contributed by atoms with Gasteiger partial charge < -0.3 is 20.1 Å². The quantitative estimate of drug-likeness (QED) is 0.0290. The number of hydrogen-bond acceptors (Lipinski definition) is 8. The van der Waals surface area contributed by atoms with E-state index in [9.17, 15) is 19.0 Å². The molecule has 2 atom stereocenters. The summed E-state index contributed by atoms with van der Waals surface area (Å²) in [5.74, 6) is -2.23. The van der Waals surface area contributed by atoms with Gasteiger partial charge in [0.25, 0.3) is 0 Å². The highest BCUT2D eigenvalue weighted by molar-refractivity contribution is 7.47. The molecule has 0 saturated carbocycles. The van der Waals surface area contributed by atoms with Crippen LogP contribution in [-0.2, 0) is 32.7 Å². The molecule has 46 heavy (non-hydrogen) atoms. The lowest BCUT2D eigenvalue weighted by Crippen LogP contribution is -2.29. The maximum atomic E-state index is 12.8. The van der Waals surface area contributed by atoms with Crippen molar-refractivity contribution < 1.29 is 44.4 Å². The molecule has 0 fully saturated rings. The van der Waals surface area contributed by atoms with Gasteiger partial charge in [0.1, 0.15) is 6.56 Å². The van der Waals surface area contributed by atoms with Crippen LogP contribution in [0.2, 0.25) is 0 Å². The van der Waals surface area contributed by atoms with Crippen molar-refractivity contribution in [2.24, 2.45) is 5.73 Å². The zero-order valence-corrected chi connectivity index (χ0v) is 30.0. The molecule has 3 N–H and O–H groups in total. The third kappa shape index (κ3) is 32.7. The molecule has 0 radical (unpaired) electrons. The van der Waals surface area contributed by atoms with E-state index in [1.54, 1.807) is 0 Å². The molecule has 1 unspecified atom stereocenters. The van der Waals surface area contributed by atoms with Crippen LogP contribution in [0, 0.1) is 0 Å². The fourth-order valence-electron chi connectivity index (χ4n) is 4.76. The highest BCUT2D eigenvalue weighted by Crippen LogP contribution is 2.43. The molecule has 0 bridgehead atoms. The average molecular weight is 681 g/mol. The van der Waals surface area contributed by atoms with Crippen molar-refractivity contribution in [3.05, 3.63) is 12.2 Å². The molecule has 0 spiro atoms. The summed E-state index contributed by atoms with van der Waals surface area (Å²) in [5.41, 5.74) is 5.27. The number of phosphoric ester groups is 1. The molecule has 0 aromatic heterocycles. The van der Waals surface area contributed by atoms with Crippen LogP contribution >= 0.6 is 7.82 Å². The number of hydrogen-bond donors (Lipinski definition) is 2. The average Bonchev–Trinajstić information content (AvgIpc) is 3.05. The van der Waals surface area contributed by atoms with Gasteiger partial charge in [0.15, 0.2) is 6.08 Å². The van der Waals surface area contributed by atoms with Crippen molar-refractivity contribution in [3.8, 4) is 0 Å². The predicted molar refractivity (Wildman–Crippen MR) is 188 cm³/mol. The predicted octanol–water partition coefficient (Wildman–Crippen LogP) is 9.88. The second-order valence-electron chi connectivity index (χ2n) is 11.9. The molecule has 0 saturated heterocycles. The minimum Gasteiger partial charge on any atom is -0.462 e. The maximum absolute atomic E-state index is 12.8. The minimum atomic E-state index is -5.25. The maximum Gasteiger partial charge on any atom is 0.472 e. The first-order valence-corrected chi connectivity index (χ1v) is 19.6. The van der Waals surface area contributed by atoms with Gasteiger partial charge in [-0.05, 0) is 32.1 Å². The summed E-state index contributed by atoms with van der Waals surface area (Å²) in [6.07, 6.45) is 23.8. The van der Waals surface area contributed by atoms with Crippen LogP contribution in [0.5, 0.6) is 0 Å². The van der Waals surface area contributed by atoms with Gasteiger partial charge in [-0.15, -0.1) is 0 Å². The summed E-state index contributed by atoms with van der Waals surface area (Å²) in [5, 5.41) is 0. The summed E-state index contributed by atoms with van der Waals surface area (Å²) in [6.45, 7) is -3.77. The van der Waals surface area contributed by atoms with Crippen LogP contribution in [0.1, 0.15) is 181 Å². The number of esters is 2. The summed E-state index contributed by atoms with van der Waals surface area (Å²) in [7, 11) is -5.25.